The Morgan fingerprint density at radius 1 is 0.576 bits per heavy atom. The number of fused-ring (bicyclic) bond motifs is 7. The largest absolute Gasteiger partial charge is 0.493 e. The summed E-state index contributed by atoms with van der Waals surface area (Å²) in [6, 6.07) is 7.73. The van der Waals surface area contributed by atoms with E-state index in [9.17, 15) is 0 Å². The van der Waals surface area contributed by atoms with Crippen LogP contribution < -0.4 is 28.4 Å². The first kappa shape index (κ1) is 22.0. The van der Waals surface area contributed by atoms with Crippen LogP contribution >= 0.6 is 0 Å². The van der Waals surface area contributed by atoms with Crippen LogP contribution in [0.25, 0.3) is 0 Å². The van der Waals surface area contributed by atoms with Crippen molar-refractivity contribution in [1.29, 1.82) is 0 Å². The summed E-state index contributed by atoms with van der Waals surface area (Å²) in [5.74, 6) is 4.16. The third-order valence-corrected chi connectivity index (χ3v) is 7.33. The zero-order valence-electron chi connectivity index (χ0n) is 20.5. The minimum absolute atomic E-state index is 0.0457. The van der Waals surface area contributed by atoms with Gasteiger partial charge in [0.15, 0.2) is 23.0 Å². The fourth-order valence-corrected chi connectivity index (χ4v) is 5.91. The molecule has 0 spiro atoms. The summed E-state index contributed by atoms with van der Waals surface area (Å²) in [6.07, 6.45) is -0.388. The predicted molar refractivity (Wildman–Crippen MR) is 122 cm³/mol. The van der Waals surface area contributed by atoms with Gasteiger partial charge in [-0.05, 0) is 39.8 Å². The van der Waals surface area contributed by atoms with Gasteiger partial charge >= 0.3 is 0 Å². The van der Waals surface area contributed by atoms with Crippen molar-refractivity contribution in [2.45, 2.75) is 51.1 Å². The molecule has 7 nitrogen and oxygen atoms in total. The van der Waals surface area contributed by atoms with E-state index in [2.05, 4.69) is 27.7 Å². The Morgan fingerprint density at radius 3 is 1.24 bits per heavy atom. The Bertz CT molecular complexity index is 1010. The van der Waals surface area contributed by atoms with Gasteiger partial charge in [0.25, 0.3) is 0 Å². The van der Waals surface area contributed by atoms with Crippen LogP contribution in [0.3, 0.4) is 0 Å². The van der Waals surface area contributed by atoms with Gasteiger partial charge < -0.3 is 33.2 Å². The van der Waals surface area contributed by atoms with E-state index >= 15 is 0 Å². The highest BCUT2D eigenvalue weighted by Gasteiger charge is 2.63. The van der Waals surface area contributed by atoms with Gasteiger partial charge in [0.05, 0.1) is 40.6 Å². The van der Waals surface area contributed by atoms with Gasteiger partial charge in [0, 0.05) is 35.1 Å². The third kappa shape index (κ3) is 3.12. The highest BCUT2D eigenvalue weighted by atomic mass is 16.6. The minimum Gasteiger partial charge on any atom is -0.493 e. The molecular formula is C26H32O7. The highest BCUT2D eigenvalue weighted by Crippen LogP contribution is 2.65. The van der Waals surface area contributed by atoms with Gasteiger partial charge in [-0.15, -0.1) is 0 Å². The molecule has 4 atom stereocenters. The quantitative estimate of drug-likeness (QED) is 0.634. The second-order valence-corrected chi connectivity index (χ2v) is 9.93. The lowest BCUT2D eigenvalue weighted by molar-refractivity contribution is -0.0691. The van der Waals surface area contributed by atoms with Gasteiger partial charge in [-0.25, -0.2) is 0 Å². The van der Waals surface area contributed by atoms with Crippen LogP contribution in [-0.4, -0.2) is 39.6 Å². The molecule has 0 radical (unpaired) electrons. The van der Waals surface area contributed by atoms with Gasteiger partial charge in [0.2, 0.25) is 0 Å². The summed E-state index contributed by atoms with van der Waals surface area (Å²) in [4.78, 5) is 0. The smallest absolute Gasteiger partial charge is 0.164 e. The highest BCUT2D eigenvalue weighted by molar-refractivity contribution is 5.56. The molecule has 3 heterocycles. The SMILES string of the molecule is COc1cc2c(cc1OC)[C@H]1O[C@H]3c4cc(OC)c(OC)cc4OC(C)(C)[C@@H]3[C@H]1C(C)(C)O2. The molecule has 2 aromatic rings. The van der Waals surface area contributed by atoms with Gasteiger partial charge in [-0.1, -0.05) is 0 Å². The molecule has 3 aliphatic rings. The number of hydrogen-bond acceptors (Lipinski definition) is 7. The van der Waals surface area contributed by atoms with Crippen LogP contribution in [0.2, 0.25) is 0 Å². The van der Waals surface area contributed by atoms with E-state index < -0.39 is 11.2 Å². The molecule has 0 bridgehead atoms. The number of benzene rings is 2. The fourth-order valence-electron chi connectivity index (χ4n) is 5.91. The zero-order valence-corrected chi connectivity index (χ0v) is 20.5. The fraction of sp³-hybridized carbons (Fsp3) is 0.538. The monoisotopic (exact) mass is 456 g/mol. The average Bonchev–Trinajstić information content (AvgIpc) is 3.20. The normalized spacial score (nSPS) is 27.6. The molecule has 7 heteroatoms. The van der Waals surface area contributed by atoms with Crippen molar-refractivity contribution in [1.82, 2.24) is 0 Å². The molecule has 178 valence electrons. The topological polar surface area (TPSA) is 64.6 Å². The first-order valence-corrected chi connectivity index (χ1v) is 11.2. The van der Waals surface area contributed by atoms with E-state index in [0.717, 1.165) is 22.6 Å². The first-order valence-electron chi connectivity index (χ1n) is 11.2. The molecule has 2 aromatic carbocycles. The molecule has 0 aliphatic carbocycles. The van der Waals surface area contributed by atoms with Crippen LogP contribution in [0.15, 0.2) is 24.3 Å². The van der Waals surface area contributed by atoms with Crippen molar-refractivity contribution in [2.75, 3.05) is 28.4 Å². The summed E-state index contributed by atoms with van der Waals surface area (Å²) in [5.41, 5.74) is 0.935. The first-order chi connectivity index (χ1) is 15.6. The van der Waals surface area contributed by atoms with Crippen LogP contribution in [0.5, 0.6) is 34.5 Å². The molecule has 0 aromatic heterocycles. The van der Waals surface area contributed by atoms with Crippen LogP contribution in [-0.2, 0) is 4.74 Å². The van der Waals surface area contributed by atoms with Gasteiger partial charge in [-0.3, -0.25) is 0 Å². The van der Waals surface area contributed by atoms with Crippen LogP contribution in [0.4, 0.5) is 0 Å². The lowest BCUT2D eigenvalue weighted by Crippen LogP contribution is -2.53. The molecule has 0 amide bonds. The maximum atomic E-state index is 6.89. The summed E-state index contributed by atoms with van der Waals surface area (Å²) >= 11 is 0. The average molecular weight is 457 g/mol. The van der Waals surface area contributed by atoms with Crippen molar-refractivity contribution in [3.63, 3.8) is 0 Å². The molecule has 0 N–H and O–H groups in total. The molecule has 0 saturated carbocycles. The summed E-state index contributed by atoms with van der Waals surface area (Å²) < 4.78 is 42.2. The molecule has 1 saturated heterocycles. The number of methoxy groups -OCH3 is 4. The van der Waals surface area contributed by atoms with Crippen LogP contribution in [0.1, 0.15) is 51.0 Å². The summed E-state index contributed by atoms with van der Waals surface area (Å²) in [6.45, 7) is 8.49. The maximum absolute atomic E-state index is 6.89. The summed E-state index contributed by atoms with van der Waals surface area (Å²) in [5, 5.41) is 0. The molecule has 1 fully saturated rings. The van der Waals surface area contributed by atoms with E-state index in [1.54, 1.807) is 28.4 Å². The van der Waals surface area contributed by atoms with E-state index in [4.69, 9.17) is 33.2 Å². The van der Waals surface area contributed by atoms with Crippen molar-refractivity contribution in [3.8, 4) is 34.5 Å². The molecule has 33 heavy (non-hydrogen) atoms. The lowest BCUT2D eigenvalue weighted by atomic mass is 9.65. The zero-order chi connectivity index (χ0) is 23.7. The van der Waals surface area contributed by atoms with E-state index in [0.29, 0.717) is 23.0 Å². The molecule has 0 unspecified atom stereocenters. The van der Waals surface area contributed by atoms with E-state index in [1.165, 1.54) is 0 Å². The van der Waals surface area contributed by atoms with Crippen molar-refractivity contribution in [3.05, 3.63) is 35.4 Å². The maximum Gasteiger partial charge on any atom is 0.164 e. The Labute approximate surface area is 194 Å². The molecule has 5 rings (SSSR count). The van der Waals surface area contributed by atoms with Crippen molar-refractivity contribution in [2.24, 2.45) is 11.8 Å². The Kier molecular flexibility index (Phi) is 4.90. The lowest BCUT2D eigenvalue weighted by Gasteiger charge is -2.48. The summed E-state index contributed by atoms with van der Waals surface area (Å²) in [7, 11) is 6.52. The van der Waals surface area contributed by atoms with E-state index in [1.807, 2.05) is 24.3 Å². The number of rotatable bonds is 4. The number of ether oxygens (including phenoxy) is 7. The molecule has 3 aliphatic heterocycles. The van der Waals surface area contributed by atoms with Crippen LogP contribution in [0, 0.1) is 11.8 Å². The van der Waals surface area contributed by atoms with Crippen molar-refractivity contribution < 1.29 is 33.2 Å². The van der Waals surface area contributed by atoms with Gasteiger partial charge in [0.1, 0.15) is 22.7 Å². The minimum atomic E-state index is -0.495. The third-order valence-electron chi connectivity index (χ3n) is 7.33. The van der Waals surface area contributed by atoms with E-state index in [-0.39, 0.29) is 24.0 Å². The predicted octanol–water partition coefficient (Wildman–Crippen LogP) is 5.11. The van der Waals surface area contributed by atoms with Crippen molar-refractivity contribution >= 4 is 0 Å². The Balaban J connectivity index is 1.68. The number of hydrogen-bond donors (Lipinski definition) is 0. The standard InChI is InChI=1S/C26H32O7/c1-25(2)21-22-24(14-10-18(28-6)20(30-8)12-16(14)33-26(22,3)4)31-23(21)13-9-17(27-5)19(29-7)11-15(13)32-25/h9-12,21-24H,1-8H3/t21-,22-,23-,24+/m1/s1. The Hall–Kier alpha value is -2.80. The van der Waals surface area contributed by atoms with Gasteiger partial charge in [-0.2, -0.15) is 0 Å². The molecular weight excluding hydrogens is 424 g/mol. The Morgan fingerprint density at radius 2 is 0.909 bits per heavy atom. The second-order valence-electron chi connectivity index (χ2n) is 9.93. The second kappa shape index (κ2) is 7.35.